The summed E-state index contributed by atoms with van der Waals surface area (Å²) in [6.45, 7) is 2.66. The van der Waals surface area contributed by atoms with Crippen LogP contribution in [-0.2, 0) is 10.0 Å². The fourth-order valence-corrected chi connectivity index (χ4v) is 2.82. The molecule has 1 aromatic rings. The smallest absolute Gasteiger partial charge is 0.254 e. The number of nitrogens with two attached hydrogens (primary N) is 1. The van der Waals surface area contributed by atoms with Crippen LogP contribution in [0.3, 0.4) is 0 Å². The number of halogens is 1. The Morgan fingerprint density at radius 2 is 2.10 bits per heavy atom. The third-order valence-corrected chi connectivity index (χ3v) is 4.41. The van der Waals surface area contributed by atoms with Crippen LogP contribution in [0.4, 0.5) is 4.39 Å². The molecule has 0 saturated heterocycles. The lowest BCUT2D eigenvalue weighted by Crippen LogP contribution is -2.34. The number of primary sulfonamides is 1. The molecule has 7 heteroatoms. The number of amides is 1. The minimum Gasteiger partial charge on any atom is -0.336 e. The quantitative estimate of drug-likeness (QED) is 0.870. The van der Waals surface area contributed by atoms with Crippen molar-refractivity contribution in [2.45, 2.75) is 43.5 Å². The molecule has 1 amide bonds. The van der Waals surface area contributed by atoms with Gasteiger partial charge in [-0.3, -0.25) is 4.79 Å². The van der Waals surface area contributed by atoms with Crippen molar-refractivity contribution in [3.63, 3.8) is 0 Å². The predicted molar refractivity (Wildman–Crippen MR) is 76.7 cm³/mol. The van der Waals surface area contributed by atoms with Gasteiger partial charge >= 0.3 is 0 Å². The zero-order chi connectivity index (χ0) is 15.6. The lowest BCUT2D eigenvalue weighted by molar-refractivity contribution is 0.0740. The molecule has 0 atom stereocenters. The van der Waals surface area contributed by atoms with Gasteiger partial charge in [0.15, 0.2) is 0 Å². The normalized spacial score (nSPS) is 15.0. The van der Waals surface area contributed by atoms with Crippen molar-refractivity contribution < 1.29 is 17.6 Å². The van der Waals surface area contributed by atoms with Crippen LogP contribution < -0.4 is 5.14 Å². The molecule has 0 spiro atoms. The summed E-state index contributed by atoms with van der Waals surface area (Å²) in [7, 11) is -4.18. The van der Waals surface area contributed by atoms with Gasteiger partial charge in [0.25, 0.3) is 5.91 Å². The average molecular weight is 314 g/mol. The monoisotopic (exact) mass is 314 g/mol. The number of rotatable bonds is 6. The van der Waals surface area contributed by atoms with Crippen molar-refractivity contribution >= 4 is 15.9 Å². The summed E-state index contributed by atoms with van der Waals surface area (Å²) in [6.07, 6.45) is 3.76. The average Bonchev–Trinajstić information content (AvgIpc) is 3.22. The summed E-state index contributed by atoms with van der Waals surface area (Å²) >= 11 is 0. The van der Waals surface area contributed by atoms with Crippen LogP contribution in [0.15, 0.2) is 23.1 Å². The SMILES string of the molecule is CCCCN(C(=O)c1ccc(F)c(S(N)(=O)=O)c1)C1CC1. The van der Waals surface area contributed by atoms with Gasteiger partial charge in [-0.05, 0) is 37.5 Å². The molecule has 1 fully saturated rings. The summed E-state index contributed by atoms with van der Waals surface area (Å²) in [5.41, 5.74) is 0.156. The highest BCUT2D eigenvalue weighted by molar-refractivity contribution is 7.89. The summed E-state index contributed by atoms with van der Waals surface area (Å²) in [5.74, 6) is -1.21. The molecule has 1 aliphatic rings. The lowest BCUT2D eigenvalue weighted by atomic mass is 10.1. The van der Waals surface area contributed by atoms with Gasteiger partial charge in [0.05, 0.1) is 0 Å². The second-order valence-corrected chi connectivity index (χ2v) is 6.80. The van der Waals surface area contributed by atoms with Crippen molar-refractivity contribution in [3.05, 3.63) is 29.6 Å². The molecule has 0 bridgehead atoms. The van der Waals surface area contributed by atoms with Gasteiger partial charge in [-0.25, -0.2) is 17.9 Å². The van der Waals surface area contributed by atoms with Gasteiger partial charge in [0, 0.05) is 18.2 Å². The summed E-state index contributed by atoms with van der Waals surface area (Å²) in [4.78, 5) is 13.6. The van der Waals surface area contributed by atoms with Gasteiger partial charge in [-0.1, -0.05) is 13.3 Å². The standard InChI is InChI=1S/C14H19FN2O3S/c1-2-3-8-17(11-5-6-11)14(18)10-4-7-12(15)13(9-10)21(16,19)20/h4,7,9,11H,2-3,5-6,8H2,1H3,(H2,16,19,20). The van der Waals surface area contributed by atoms with Gasteiger partial charge in [0.2, 0.25) is 10.0 Å². The van der Waals surface area contributed by atoms with Crippen molar-refractivity contribution in [1.82, 2.24) is 4.90 Å². The Bertz CT molecular complexity index is 642. The molecular weight excluding hydrogens is 295 g/mol. The third-order valence-electron chi connectivity index (χ3n) is 3.49. The molecule has 0 unspecified atom stereocenters. The van der Waals surface area contributed by atoms with E-state index < -0.39 is 20.7 Å². The summed E-state index contributed by atoms with van der Waals surface area (Å²) in [5, 5.41) is 4.96. The largest absolute Gasteiger partial charge is 0.336 e. The predicted octanol–water partition coefficient (Wildman–Crippen LogP) is 1.88. The Morgan fingerprint density at radius 3 is 2.62 bits per heavy atom. The zero-order valence-electron chi connectivity index (χ0n) is 11.9. The number of carbonyl (C=O) groups excluding carboxylic acids is 1. The maximum atomic E-state index is 13.5. The van der Waals surface area contributed by atoms with E-state index in [0.717, 1.165) is 37.8 Å². The number of unbranched alkanes of at least 4 members (excludes halogenated alkanes) is 1. The first-order valence-electron chi connectivity index (χ1n) is 6.98. The van der Waals surface area contributed by atoms with Crippen LogP contribution in [0.1, 0.15) is 43.0 Å². The van der Waals surface area contributed by atoms with Crippen molar-refractivity contribution in [2.75, 3.05) is 6.54 Å². The van der Waals surface area contributed by atoms with Crippen LogP contribution in [0.25, 0.3) is 0 Å². The van der Waals surface area contributed by atoms with E-state index in [1.54, 1.807) is 4.90 Å². The van der Waals surface area contributed by atoms with Crippen LogP contribution in [0, 0.1) is 5.82 Å². The first kappa shape index (κ1) is 15.9. The summed E-state index contributed by atoms with van der Waals surface area (Å²) < 4.78 is 36.2. The maximum absolute atomic E-state index is 13.5. The molecule has 5 nitrogen and oxygen atoms in total. The van der Waals surface area contributed by atoms with E-state index in [-0.39, 0.29) is 17.5 Å². The molecule has 1 aromatic carbocycles. The van der Waals surface area contributed by atoms with Crippen LogP contribution in [0.2, 0.25) is 0 Å². The topological polar surface area (TPSA) is 80.5 Å². The highest BCUT2D eigenvalue weighted by atomic mass is 32.2. The van der Waals surface area contributed by atoms with Crippen molar-refractivity contribution in [2.24, 2.45) is 5.14 Å². The second kappa shape index (κ2) is 6.11. The highest BCUT2D eigenvalue weighted by Crippen LogP contribution is 2.29. The molecule has 1 aliphatic carbocycles. The Morgan fingerprint density at radius 1 is 1.43 bits per heavy atom. The zero-order valence-corrected chi connectivity index (χ0v) is 12.7. The van der Waals surface area contributed by atoms with Crippen LogP contribution in [0.5, 0.6) is 0 Å². The van der Waals surface area contributed by atoms with Crippen LogP contribution in [-0.4, -0.2) is 31.8 Å². The van der Waals surface area contributed by atoms with Crippen molar-refractivity contribution in [3.8, 4) is 0 Å². The van der Waals surface area contributed by atoms with E-state index in [1.807, 2.05) is 6.92 Å². The molecule has 0 heterocycles. The molecule has 0 aromatic heterocycles. The number of nitrogens with zero attached hydrogens (tertiary/aromatic N) is 1. The third kappa shape index (κ3) is 3.79. The molecule has 2 N–H and O–H groups in total. The number of hydrogen-bond donors (Lipinski definition) is 1. The van der Waals surface area contributed by atoms with Crippen molar-refractivity contribution in [1.29, 1.82) is 0 Å². The number of hydrogen-bond acceptors (Lipinski definition) is 3. The van der Waals surface area contributed by atoms with E-state index in [2.05, 4.69) is 0 Å². The van der Waals surface area contributed by atoms with Gasteiger partial charge in [0.1, 0.15) is 10.7 Å². The van der Waals surface area contributed by atoms with E-state index in [9.17, 15) is 17.6 Å². The Hall–Kier alpha value is -1.47. The molecule has 0 radical (unpaired) electrons. The molecule has 116 valence electrons. The Labute approximate surface area is 124 Å². The summed E-state index contributed by atoms with van der Waals surface area (Å²) in [6, 6.07) is 3.51. The van der Waals surface area contributed by atoms with Gasteiger partial charge in [-0.15, -0.1) is 0 Å². The van der Waals surface area contributed by atoms with E-state index in [0.29, 0.717) is 6.54 Å². The van der Waals surface area contributed by atoms with E-state index in [4.69, 9.17) is 5.14 Å². The second-order valence-electron chi connectivity index (χ2n) is 5.27. The fourth-order valence-electron chi connectivity index (χ4n) is 2.18. The Balaban J connectivity index is 2.29. The molecule has 0 aliphatic heterocycles. The fraction of sp³-hybridized carbons (Fsp3) is 0.500. The lowest BCUT2D eigenvalue weighted by Gasteiger charge is -2.22. The highest BCUT2D eigenvalue weighted by Gasteiger charge is 2.33. The number of benzene rings is 1. The minimum atomic E-state index is -4.18. The van der Waals surface area contributed by atoms with Gasteiger partial charge in [-0.2, -0.15) is 0 Å². The number of sulfonamides is 1. The molecule has 2 rings (SSSR count). The maximum Gasteiger partial charge on any atom is 0.254 e. The first-order valence-corrected chi connectivity index (χ1v) is 8.52. The molecule has 1 saturated carbocycles. The minimum absolute atomic E-state index is 0.156. The van der Waals surface area contributed by atoms with Crippen LogP contribution >= 0.6 is 0 Å². The van der Waals surface area contributed by atoms with E-state index >= 15 is 0 Å². The first-order chi connectivity index (χ1) is 9.84. The number of carbonyl (C=O) groups is 1. The van der Waals surface area contributed by atoms with Gasteiger partial charge < -0.3 is 4.90 Å². The molecular formula is C14H19FN2O3S. The Kier molecular flexibility index (Phi) is 4.63. The van der Waals surface area contributed by atoms with E-state index in [1.165, 1.54) is 6.07 Å². The molecule has 21 heavy (non-hydrogen) atoms.